The summed E-state index contributed by atoms with van der Waals surface area (Å²) < 4.78 is 47.8. The first-order valence-corrected chi connectivity index (χ1v) is 9.75. The molecule has 0 spiro atoms. The highest BCUT2D eigenvalue weighted by Gasteiger charge is 2.22. The van der Waals surface area contributed by atoms with E-state index in [1.165, 1.54) is 49.5 Å². The molecule has 3 rings (SSSR count). The van der Waals surface area contributed by atoms with Crippen LogP contribution in [0, 0.1) is 5.82 Å². The lowest BCUT2D eigenvalue weighted by molar-refractivity contribution is 0.0434. The first kappa shape index (κ1) is 18.8. The van der Waals surface area contributed by atoms with E-state index >= 15 is 0 Å². The van der Waals surface area contributed by atoms with E-state index < -0.39 is 15.8 Å². The van der Waals surface area contributed by atoms with Crippen LogP contribution in [0.25, 0.3) is 11.3 Å². The maximum absolute atomic E-state index is 13.0. The lowest BCUT2D eigenvalue weighted by Crippen LogP contribution is -2.13. The minimum absolute atomic E-state index is 0.0373. The summed E-state index contributed by atoms with van der Waals surface area (Å²) in [5.41, 5.74) is 0.588. The predicted octanol–water partition coefficient (Wildman–Crippen LogP) is 3.63. The first-order chi connectivity index (χ1) is 12.9. The number of sulfone groups is 1. The molecule has 2 aromatic carbocycles. The van der Waals surface area contributed by atoms with Gasteiger partial charge < -0.3 is 9.15 Å². The normalized spacial score (nSPS) is 11.3. The maximum atomic E-state index is 13.0. The van der Waals surface area contributed by atoms with Crippen LogP contribution < -0.4 is 0 Å². The van der Waals surface area contributed by atoms with Crippen LogP contribution in [0.3, 0.4) is 0 Å². The topological polar surface area (TPSA) is 86.5 Å². The number of rotatable bonds is 6. The highest BCUT2D eigenvalue weighted by atomic mass is 32.2. The van der Waals surface area contributed by atoms with Gasteiger partial charge >= 0.3 is 5.97 Å². The molecule has 0 bridgehead atoms. The molecule has 0 unspecified atom stereocenters. The number of carbonyl (C=O) groups excluding carboxylic acids is 1. The van der Waals surface area contributed by atoms with Gasteiger partial charge in [-0.05, 0) is 36.4 Å². The Morgan fingerprint density at radius 3 is 2.56 bits per heavy atom. The van der Waals surface area contributed by atoms with E-state index in [0.717, 1.165) is 0 Å². The second kappa shape index (κ2) is 7.71. The molecular weight excluding hydrogens is 373 g/mol. The molecule has 0 atom stereocenters. The summed E-state index contributed by atoms with van der Waals surface area (Å²) in [5, 5.41) is 0. The molecular formula is C19H16FNO5S. The van der Waals surface area contributed by atoms with Crippen molar-refractivity contribution in [2.75, 3.05) is 5.75 Å². The van der Waals surface area contributed by atoms with Crippen molar-refractivity contribution in [3.05, 3.63) is 72.0 Å². The third-order valence-electron chi connectivity index (χ3n) is 3.83. The lowest BCUT2D eigenvalue weighted by atomic mass is 10.2. The van der Waals surface area contributed by atoms with Gasteiger partial charge in [0.15, 0.2) is 22.2 Å². The van der Waals surface area contributed by atoms with Crippen LogP contribution in [0.2, 0.25) is 0 Å². The van der Waals surface area contributed by atoms with Gasteiger partial charge in [-0.15, -0.1) is 0 Å². The molecule has 0 radical (unpaired) electrons. The molecule has 0 saturated heterocycles. The molecule has 1 aromatic heterocycles. The number of hydrogen-bond acceptors (Lipinski definition) is 6. The highest BCUT2D eigenvalue weighted by Crippen LogP contribution is 2.22. The van der Waals surface area contributed by atoms with Gasteiger partial charge in [0.2, 0.25) is 5.89 Å². The standard InChI is InChI=1S/C19H16FNO5S/c1-2-27(23,24)17-6-4-3-5-15(17)19(22)25-12-18-21-11-16(26-18)13-7-9-14(20)10-8-13/h3-11H,2,12H2,1H3. The molecule has 140 valence electrons. The fourth-order valence-corrected chi connectivity index (χ4v) is 3.47. The zero-order chi connectivity index (χ0) is 19.4. The summed E-state index contributed by atoms with van der Waals surface area (Å²) in [5.74, 6) is -0.747. The van der Waals surface area contributed by atoms with E-state index in [4.69, 9.17) is 9.15 Å². The van der Waals surface area contributed by atoms with Gasteiger partial charge in [0, 0.05) is 5.56 Å². The summed E-state index contributed by atoms with van der Waals surface area (Å²) >= 11 is 0. The molecule has 0 amide bonds. The summed E-state index contributed by atoms with van der Waals surface area (Å²) in [6.07, 6.45) is 1.44. The fraction of sp³-hybridized carbons (Fsp3) is 0.158. The molecule has 27 heavy (non-hydrogen) atoms. The quantitative estimate of drug-likeness (QED) is 0.599. The molecule has 0 aliphatic carbocycles. The smallest absolute Gasteiger partial charge is 0.339 e. The van der Waals surface area contributed by atoms with E-state index in [2.05, 4.69) is 4.98 Å². The van der Waals surface area contributed by atoms with Gasteiger partial charge in [-0.1, -0.05) is 19.1 Å². The van der Waals surface area contributed by atoms with Crippen molar-refractivity contribution in [3.63, 3.8) is 0 Å². The molecule has 0 aliphatic heterocycles. The molecule has 0 N–H and O–H groups in total. The van der Waals surface area contributed by atoms with Crippen LogP contribution in [-0.4, -0.2) is 25.1 Å². The minimum Gasteiger partial charge on any atom is -0.452 e. The van der Waals surface area contributed by atoms with Crippen molar-refractivity contribution in [3.8, 4) is 11.3 Å². The maximum Gasteiger partial charge on any atom is 0.339 e. The Bertz CT molecular complexity index is 1060. The van der Waals surface area contributed by atoms with E-state index in [-0.39, 0.29) is 34.5 Å². The number of benzene rings is 2. The Labute approximate surface area is 155 Å². The van der Waals surface area contributed by atoms with Crippen LogP contribution in [0.15, 0.2) is 64.0 Å². The summed E-state index contributed by atoms with van der Waals surface area (Å²) in [6.45, 7) is 1.24. The number of oxazole rings is 1. The molecule has 0 aliphatic rings. The third-order valence-corrected chi connectivity index (χ3v) is 5.62. The molecule has 0 saturated carbocycles. The third kappa shape index (κ3) is 4.22. The number of ether oxygens (including phenoxy) is 1. The number of hydrogen-bond donors (Lipinski definition) is 0. The minimum atomic E-state index is -3.56. The second-order valence-corrected chi connectivity index (χ2v) is 7.85. The fourth-order valence-electron chi connectivity index (χ4n) is 2.39. The molecule has 6 nitrogen and oxygen atoms in total. The van der Waals surface area contributed by atoms with Crippen LogP contribution >= 0.6 is 0 Å². The van der Waals surface area contributed by atoms with Gasteiger partial charge in [-0.25, -0.2) is 22.6 Å². The molecule has 0 fully saturated rings. The Morgan fingerprint density at radius 2 is 1.85 bits per heavy atom. The van der Waals surface area contributed by atoms with Crippen molar-refractivity contribution in [1.29, 1.82) is 0 Å². The van der Waals surface area contributed by atoms with Crippen LogP contribution in [0.4, 0.5) is 4.39 Å². The zero-order valence-electron chi connectivity index (χ0n) is 14.4. The van der Waals surface area contributed by atoms with Gasteiger partial charge in [0.05, 0.1) is 22.4 Å². The van der Waals surface area contributed by atoms with E-state index in [1.54, 1.807) is 12.1 Å². The average molecular weight is 389 g/mol. The Morgan fingerprint density at radius 1 is 1.15 bits per heavy atom. The lowest BCUT2D eigenvalue weighted by Gasteiger charge is -2.08. The zero-order valence-corrected chi connectivity index (χ0v) is 15.2. The second-order valence-electron chi connectivity index (χ2n) is 5.60. The van der Waals surface area contributed by atoms with Crippen molar-refractivity contribution < 1.29 is 26.8 Å². The van der Waals surface area contributed by atoms with Gasteiger partial charge in [0.1, 0.15) is 5.82 Å². The summed E-state index contributed by atoms with van der Waals surface area (Å²) in [4.78, 5) is 16.3. The predicted molar refractivity (Wildman–Crippen MR) is 95.2 cm³/mol. The van der Waals surface area contributed by atoms with E-state index in [0.29, 0.717) is 11.3 Å². The van der Waals surface area contributed by atoms with Gasteiger partial charge in [-0.2, -0.15) is 0 Å². The van der Waals surface area contributed by atoms with Crippen LogP contribution in [0.5, 0.6) is 0 Å². The number of esters is 1. The Hall–Kier alpha value is -3.00. The summed E-state index contributed by atoms with van der Waals surface area (Å²) in [6, 6.07) is 11.5. The number of carbonyl (C=O) groups is 1. The first-order valence-electron chi connectivity index (χ1n) is 8.10. The number of nitrogens with zero attached hydrogens (tertiary/aromatic N) is 1. The molecule has 1 heterocycles. The van der Waals surface area contributed by atoms with E-state index in [1.807, 2.05) is 0 Å². The van der Waals surface area contributed by atoms with Crippen LogP contribution in [-0.2, 0) is 21.2 Å². The van der Waals surface area contributed by atoms with E-state index in [9.17, 15) is 17.6 Å². The molecule has 3 aromatic rings. The Balaban J connectivity index is 1.73. The van der Waals surface area contributed by atoms with Gasteiger partial charge in [-0.3, -0.25) is 0 Å². The highest BCUT2D eigenvalue weighted by molar-refractivity contribution is 7.91. The molecule has 8 heteroatoms. The van der Waals surface area contributed by atoms with Gasteiger partial charge in [0.25, 0.3) is 0 Å². The van der Waals surface area contributed by atoms with Crippen molar-refractivity contribution in [1.82, 2.24) is 4.98 Å². The number of aromatic nitrogens is 1. The summed E-state index contributed by atoms with van der Waals surface area (Å²) in [7, 11) is -3.56. The van der Waals surface area contributed by atoms with Crippen LogP contribution in [0.1, 0.15) is 23.2 Å². The van der Waals surface area contributed by atoms with Crippen molar-refractivity contribution in [2.45, 2.75) is 18.4 Å². The largest absolute Gasteiger partial charge is 0.452 e. The van der Waals surface area contributed by atoms with Crippen molar-refractivity contribution in [2.24, 2.45) is 0 Å². The van der Waals surface area contributed by atoms with Crippen molar-refractivity contribution >= 4 is 15.8 Å². The number of halogens is 1. The average Bonchev–Trinajstić information content (AvgIpc) is 3.15. The SMILES string of the molecule is CCS(=O)(=O)c1ccccc1C(=O)OCc1ncc(-c2ccc(F)cc2)o1. The monoisotopic (exact) mass is 389 g/mol. The Kier molecular flexibility index (Phi) is 5.36.